The van der Waals surface area contributed by atoms with Crippen LogP contribution >= 0.6 is 11.6 Å². The van der Waals surface area contributed by atoms with Gasteiger partial charge >= 0.3 is 0 Å². The fourth-order valence-corrected chi connectivity index (χ4v) is 1.99. The van der Waals surface area contributed by atoms with Crippen LogP contribution in [0.4, 0.5) is 0 Å². The largest absolute Gasteiger partial charge is 0.381 e. The SMILES string of the molecule is CC(C1CCOC1)n1cnc(CCl)c1. The summed E-state index contributed by atoms with van der Waals surface area (Å²) in [6, 6.07) is 0.460. The second-order valence-electron chi connectivity index (χ2n) is 3.81. The second kappa shape index (κ2) is 4.32. The maximum absolute atomic E-state index is 5.70. The van der Waals surface area contributed by atoms with Crippen molar-refractivity contribution >= 4 is 11.6 Å². The summed E-state index contributed by atoms with van der Waals surface area (Å²) in [5.41, 5.74) is 0.942. The molecule has 2 unspecified atom stereocenters. The van der Waals surface area contributed by atoms with E-state index in [0.29, 0.717) is 17.8 Å². The van der Waals surface area contributed by atoms with Crippen molar-refractivity contribution in [1.29, 1.82) is 0 Å². The summed E-state index contributed by atoms with van der Waals surface area (Å²) in [5, 5.41) is 0. The molecule has 1 saturated heterocycles. The molecule has 1 aliphatic rings. The molecule has 0 N–H and O–H groups in total. The van der Waals surface area contributed by atoms with E-state index in [-0.39, 0.29) is 0 Å². The van der Waals surface area contributed by atoms with E-state index in [1.54, 1.807) is 0 Å². The standard InChI is InChI=1S/C10H15ClN2O/c1-8(9-2-3-14-6-9)13-5-10(4-11)12-7-13/h5,7-9H,2-4,6H2,1H3. The Labute approximate surface area is 89.0 Å². The number of nitrogens with zero attached hydrogens (tertiary/aromatic N) is 2. The maximum Gasteiger partial charge on any atom is 0.0952 e. The topological polar surface area (TPSA) is 27.1 Å². The van der Waals surface area contributed by atoms with Crippen LogP contribution in [0.25, 0.3) is 0 Å². The van der Waals surface area contributed by atoms with Crippen molar-refractivity contribution in [3.63, 3.8) is 0 Å². The Kier molecular flexibility index (Phi) is 3.08. The molecule has 1 aromatic heterocycles. The van der Waals surface area contributed by atoms with Crippen molar-refractivity contribution in [1.82, 2.24) is 9.55 Å². The van der Waals surface area contributed by atoms with Crippen LogP contribution in [0.3, 0.4) is 0 Å². The minimum absolute atomic E-state index is 0.460. The van der Waals surface area contributed by atoms with E-state index >= 15 is 0 Å². The lowest BCUT2D eigenvalue weighted by Gasteiger charge is -2.18. The Balaban J connectivity index is 2.05. The van der Waals surface area contributed by atoms with Gasteiger partial charge in [-0.05, 0) is 13.3 Å². The van der Waals surface area contributed by atoms with Gasteiger partial charge in [0.05, 0.1) is 24.5 Å². The normalized spacial score (nSPS) is 24.0. The summed E-state index contributed by atoms with van der Waals surface area (Å²) in [4.78, 5) is 4.22. The van der Waals surface area contributed by atoms with Crippen LogP contribution in [-0.4, -0.2) is 22.8 Å². The van der Waals surface area contributed by atoms with Gasteiger partial charge < -0.3 is 9.30 Å². The summed E-state index contributed by atoms with van der Waals surface area (Å²) in [6.45, 7) is 3.97. The zero-order valence-electron chi connectivity index (χ0n) is 8.32. The van der Waals surface area contributed by atoms with Crippen molar-refractivity contribution in [2.75, 3.05) is 13.2 Å². The molecule has 78 valence electrons. The van der Waals surface area contributed by atoms with Gasteiger partial charge in [-0.15, -0.1) is 11.6 Å². The predicted octanol–water partition coefficient (Wildman–Crippen LogP) is 2.22. The lowest BCUT2D eigenvalue weighted by Crippen LogP contribution is -2.15. The van der Waals surface area contributed by atoms with Gasteiger partial charge in [-0.25, -0.2) is 4.98 Å². The molecule has 2 rings (SSSR count). The Bertz CT molecular complexity index is 294. The number of imidazole rings is 1. The van der Waals surface area contributed by atoms with Gasteiger partial charge in [0.2, 0.25) is 0 Å². The molecule has 3 nitrogen and oxygen atoms in total. The second-order valence-corrected chi connectivity index (χ2v) is 4.08. The van der Waals surface area contributed by atoms with Crippen LogP contribution in [0, 0.1) is 5.92 Å². The van der Waals surface area contributed by atoms with E-state index in [9.17, 15) is 0 Å². The van der Waals surface area contributed by atoms with Gasteiger partial charge in [-0.3, -0.25) is 0 Å². The third-order valence-corrected chi connectivity index (χ3v) is 3.18. The molecule has 2 heterocycles. The monoisotopic (exact) mass is 214 g/mol. The average molecular weight is 215 g/mol. The third-order valence-electron chi connectivity index (χ3n) is 2.91. The maximum atomic E-state index is 5.70. The fourth-order valence-electron chi connectivity index (χ4n) is 1.85. The Morgan fingerprint density at radius 1 is 1.79 bits per heavy atom. The van der Waals surface area contributed by atoms with Crippen LogP contribution in [0.2, 0.25) is 0 Å². The molecule has 0 aromatic carbocycles. The highest BCUT2D eigenvalue weighted by atomic mass is 35.5. The lowest BCUT2D eigenvalue weighted by atomic mass is 10.0. The van der Waals surface area contributed by atoms with Crippen LogP contribution < -0.4 is 0 Å². The van der Waals surface area contributed by atoms with Gasteiger partial charge in [0.25, 0.3) is 0 Å². The zero-order valence-corrected chi connectivity index (χ0v) is 9.07. The van der Waals surface area contributed by atoms with Gasteiger partial charge in [0.15, 0.2) is 0 Å². The van der Waals surface area contributed by atoms with E-state index in [4.69, 9.17) is 16.3 Å². The number of halogens is 1. The molecule has 14 heavy (non-hydrogen) atoms. The highest BCUT2D eigenvalue weighted by molar-refractivity contribution is 6.16. The number of aromatic nitrogens is 2. The number of hydrogen-bond donors (Lipinski definition) is 0. The van der Waals surface area contributed by atoms with Crippen LogP contribution in [-0.2, 0) is 10.6 Å². The van der Waals surface area contributed by atoms with Gasteiger partial charge in [0.1, 0.15) is 0 Å². The highest BCUT2D eigenvalue weighted by Crippen LogP contribution is 2.25. The van der Waals surface area contributed by atoms with Crippen molar-refractivity contribution in [3.8, 4) is 0 Å². The van der Waals surface area contributed by atoms with Crippen LogP contribution in [0.5, 0.6) is 0 Å². The van der Waals surface area contributed by atoms with Gasteiger partial charge in [-0.2, -0.15) is 0 Å². The molecule has 0 radical (unpaired) electrons. The molecule has 2 atom stereocenters. The smallest absolute Gasteiger partial charge is 0.0952 e. The molecule has 0 bridgehead atoms. The van der Waals surface area contributed by atoms with Crippen molar-refractivity contribution < 1.29 is 4.74 Å². The van der Waals surface area contributed by atoms with E-state index in [1.165, 1.54) is 0 Å². The van der Waals surface area contributed by atoms with E-state index in [0.717, 1.165) is 25.3 Å². The molecule has 1 aliphatic heterocycles. The van der Waals surface area contributed by atoms with Crippen molar-refractivity contribution in [2.45, 2.75) is 25.3 Å². The van der Waals surface area contributed by atoms with Crippen molar-refractivity contribution in [3.05, 3.63) is 18.2 Å². The minimum atomic E-state index is 0.460. The van der Waals surface area contributed by atoms with Crippen molar-refractivity contribution in [2.24, 2.45) is 5.92 Å². The average Bonchev–Trinajstić information content (AvgIpc) is 2.88. The van der Waals surface area contributed by atoms with Gasteiger partial charge in [0, 0.05) is 24.8 Å². The summed E-state index contributed by atoms with van der Waals surface area (Å²) < 4.78 is 7.51. The Morgan fingerprint density at radius 2 is 2.64 bits per heavy atom. The first-order chi connectivity index (χ1) is 6.81. The van der Waals surface area contributed by atoms with E-state index in [1.807, 2.05) is 12.5 Å². The molecule has 1 fully saturated rings. The summed E-state index contributed by atoms with van der Waals surface area (Å²) in [6.07, 6.45) is 5.03. The molecule has 0 spiro atoms. The summed E-state index contributed by atoms with van der Waals surface area (Å²) >= 11 is 5.70. The summed E-state index contributed by atoms with van der Waals surface area (Å²) in [7, 11) is 0. The first kappa shape index (κ1) is 9.99. The number of ether oxygens (including phenoxy) is 1. The summed E-state index contributed by atoms with van der Waals surface area (Å²) in [5.74, 6) is 1.10. The fraction of sp³-hybridized carbons (Fsp3) is 0.700. The first-order valence-corrected chi connectivity index (χ1v) is 5.50. The van der Waals surface area contributed by atoms with E-state index < -0.39 is 0 Å². The lowest BCUT2D eigenvalue weighted by molar-refractivity contribution is 0.175. The highest BCUT2D eigenvalue weighted by Gasteiger charge is 2.23. The third kappa shape index (κ3) is 1.93. The van der Waals surface area contributed by atoms with Gasteiger partial charge in [-0.1, -0.05) is 0 Å². The molecular weight excluding hydrogens is 200 g/mol. The zero-order chi connectivity index (χ0) is 9.97. The molecule has 4 heteroatoms. The number of alkyl halides is 1. The number of hydrogen-bond acceptors (Lipinski definition) is 2. The molecule has 0 amide bonds. The van der Waals surface area contributed by atoms with E-state index in [2.05, 4.69) is 16.5 Å². The Morgan fingerprint density at radius 3 is 3.21 bits per heavy atom. The molecule has 0 saturated carbocycles. The minimum Gasteiger partial charge on any atom is -0.381 e. The first-order valence-electron chi connectivity index (χ1n) is 4.97. The molecule has 1 aromatic rings. The predicted molar refractivity (Wildman–Crippen MR) is 55.4 cm³/mol. The number of rotatable bonds is 3. The molecular formula is C10H15ClN2O. The van der Waals surface area contributed by atoms with Crippen LogP contribution in [0.1, 0.15) is 25.1 Å². The quantitative estimate of drug-likeness (QED) is 0.722. The Hall–Kier alpha value is -0.540. The van der Waals surface area contributed by atoms with Crippen LogP contribution in [0.15, 0.2) is 12.5 Å². The molecule has 0 aliphatic carbocycles.